The van der Waals surface area contributed by atoms with Gasteiger partial charge in [0.1, 0.15) is 0 Å². The Morgan fingerprint density at radius 1 is 1.04 bits per heavy atom. The Bertz CT molecular complexity index is 558. The quantitative estimate of drug-likeness (QED) is 0.693. The highest BCUT2D eigenvalue weighted by atomic mass is 35.5. The molecule has 2 rings (SSSR count). The average Bonchev–Trinajstić information content (AvgIpc) is 2.64. The molecular weight excluding hydrogens is 350 g/mol. The van der Waals surface area contributed by atoms with Crippen LogP contribution in [-0.4, -0.2) is 73.5 Å². The van der Waals surface area contributed by atoms with E-state index >= 15 is 0 Å². The summed E-state index contributed by atoms with van der Waals surface area (Å²) in [5.74, 6) is 1.91. The number of anilines is 1. The smallest absolute Gasteiger partial charge is 0.225 e. The highest BCUT2D eigenvalue weighted by Crippen LogP contribution is 2.32. The number of rotatable bonds is 8. The van der Waals surface area contributed by atoms with Crippen LogP contribution < -0.4 is 4.90 Å². The fourth-order valence-corrected chi connectivity index (χ4v) is 3.55. The molecule has 0 unspecified atom stereocenters. The van der Waals surface area contributed by atoms with Crippen molar-refractivity contribution >= 4 is 23.5 Å². The molecule has 1 saturated carbocycles. The van der Waals surface area contributed by atoms with Gasteiger partial charge in [-0.1, -0.05) is 11.6 Å². The average molecular weight is 382 g/mol. The fraction of sp³-hybridized carbons (Fsp3) is 0.737. The first-order valence-corrected chi connectivity index (χ1v) is 9.83. The van der Waals surface area contributed by atoms with Gasteiger partial charge in [-0.3, -0.25) is 4.79 Å². The summed E-state index contributed by atoms with van der Waals surface area (Å²) in [5, 5.41) is 0.556. The number of amides is 1. The lowest BCUT2D eigenvalue weighted by Crippen LogP contribution is -2.38. The van der Waals surface area contributed by atoms with Crippen LogP contribution in [0, 0.1) is 11.8 Å². The van der Waals surface area contributed by atoms with Gasteiger partial charge in [0.2, 0.25) is 11.9 Å². The van der Waals surface area contributed by atoms with Crippen molar-refractivity contribution in [2.75, 3.05) is 52.7 Å². The largest absolute Gasteiger partial charge is 0.344 e. The molecule has 1 aromatic rings. The predicted octanol–water partition coefficient (Wildman–Crippen LogP) is 2.78. The summed E-state index contributed by atoms with van der Waals surface area (Å²) in [6, 6.07) is 0. The van der Waals surface area contributed by atoms with Crippen LogP contribution in [0.15, 0.2) is 12.4 Å². The standard InChI is InChI=1S/C19H32ClN5O/c1-23(2)11-12-24(3)18(26)16-7-5-15(6-8-16)9-10-25(4)19-21-13-17(20)14-22-19/h13-16H,5-12H2,1-4H3. The van der Waals surface area contributed by atoms with Gasteiger partial charge in [0.05, 0.1) is 17.4 Å². The molecule has 1 fully saturated rings. The molecule has 1 heterocycles. The van der Waals surface area contributed by atoms with Crippen LogP contribution in [0.1, 0.15) is 32.1 Å². The fourth-order valence-electron chi connectivity index (χ4n) is 3.45. The Kier molecular flexibility index (Phi) is 8.10. The zero-order valence-electron chi connectivity index (χ0n) is 16.5. The zero-order chi connectivity index (χ0) is 19.1. The van der Waals surface area contributed by atoms with Gasteiger partial charge in [0.15, 0.2) is 0 Å². The van der Waals surface area contributed by atoms with Gasteiger partial charge < -0.3 is 14.7 Å². The first-order chi connectivity index (χ1) is 12.4. The molecule has 0 N–H and O–H groups in total. The minimum atomic E-state index is 0.204. The normalized spacial score (nSPS) is 20.2. The van der Waals surface area contributed by atoms with Gasteiger partial charge >= 0.3 is 0 Å². The zero-order valence-corrected chi connectivity index (χ0v) is 17.2. The molecule has 146 valence electrons. The van der Waals surface area contributed by atoms with Crippen LogP contribution in [0.2, 0.25) is 5.02 Å². The van der Waals surface area contributed by atoms with Gasteiger partial charge in [-0.15, -0.1) is 0 Å². The molecule has 0 aliphatic heterocycles. The van der Waals surface area contributed by atoms with E-state index in [2.05, 4.69) is 19.8 Å². The van der Waals surface area contributed by atoms with E-state index in [0.717, 1.165) is 51.7 Å². The Balaban J connectivity index is 1.71. The number of hydrogen-bond donors (Lipinski definition) is 0. The number of hydrogen-bond acceptors (Lipinski definition) is 5. The minimum absolute atomic E-state index is 0.204. The van der Waals surface area contributed by atoms with Crippen molar-refractivity contribution in [2.24, 2.45) is 11.8 Å². The van der Waals surface area contributed by atoms with E-state index in [9.17, 15) is 4.79 Å². The molecule has 0 atom stereocenters. The molecule has 1 aliphatic carbocycles. The number of carbonyl (C=O) groups is 1. The third-order valence-electron chi connectivity index (χ3n) is 5.28. The maximum Gasteiger partial charge on any atom is 0.225 e. The number of nitrogens with zero attached hydrogens (tertiary/aromatic N) is 5. The Morgan fingerprint density at radius 3 is 2.23 bits per heavy atom. The summed E-state index contributed by atoms with van der Waals surface area (Å²) in [5.41, 5.74) is 0. The summed E-state index contributed by atoms with van der Waals surface area (Å²) < 4.78 is 0. The van der Waals surface area contributed by atoms with Crippen molar-refractivity contribution in [2.45, 2.75) is 32.1 Å². The molecule has 6 nitrogen and oxygen atoms in total. The molecule has 1 amide bonds. The van der Waals surface area contributed by atoms with Crippen LogP contribution >= 0.6 is 11.6 Å². The molecule has 26 heavy (non-hydrogen) atoms. The SMILES string of the molecule is CN(C)CCN(C)C(=O)C1CCC(CCN(C)c2ncc(Cl)cn2)CC1. The molecule has 0 radical (unpaired) electrons. The summed E-state index contributed by atoms with van der Waals surface area (Å²) in [4.78, 5) is 27.2. The van der Waals surface area contributed by atoms with Crippen molar-refractivity contribution in [3.8, 4) is 0 Å². The Morgan fingerprint density at radius 2 is 1.65 bits per heavy atom. The van der Waals surface area contributed by atoms with Crippen molar-refractivity contribution in [3.05, 3.63) is 17.4 Å². The summed E-state index contributed by atoms with van der Waals surface area (Å²) in [7, 11) is 8.02. The van der Waals surface area contributed by atoms with Gasteiger partial charge in [-0.2, -0.15) is 0 Å². The molecule has 7 heteroatoms. The van der Waals surface area contributed by atoms with Gasteiger partial charge in [0.25, 0.3) is 0 Å². The topological polar surface area (TPSA) is 52.6 Å². The van der Waals surface area contributed by atoms with Crippen molar-refractivity contribution in [1.82, 2.24) is 19.8 Å². The molecule has 0 spiro atoms. The van der Waals surface area contributed by atoms with Crippen molar-refractivity contribution in [1.29, 1.82) is 0 Å². The third-order valence-corrected chi connectivity index (χ3v) is 5.47. The first kappa shape index (κ1) is 20.9. The molecule has 0 aromatic carbocycles. The Hall–Kier alpha value is -1.40. The number of carbonyl (C=O) groups excluding carboxylic acids is 1. The van der Waals surface area contributed by atoms with Crippen molar-refractivity contribution in [3.63, 3.8) is 0 Å². The van der Waals surface area contributed by atoms with Crippen LogP contribution in [-0.2, 0) is 4.79 Å². The molecule has 1 aliphatic rings. The van der Waals surface area contributed by atoms with Gasteiger partial charge in [0, 0.05) is 39.6 Å². The molecule has 1 aromatic heterocycles. The van der Waals surface area contributed by atoms with E-state index in [1.165, 1.54) is 0 Å². The van der Waals surface area contributed by atoms with Crippen molar-refractivity contribution < 1.29 is 4.79 Å². The minimum Gasteiger partial charge on any atom is -0.344 e. The maximum atomic E-state index is 12.6. The summed E-state index contributed by atoms with van der Waals surface area (Å²) >= 11 is 5.83. The van der Waals surface area contributed by atoms with Gasteiger partial charge in [-0.05, 0) is 52.1 Å². The highest BCUT2D eigenvalue weighted by Gasteiger charge is 2.28. The van der Waals surface area contributed by atoms with E-state index < -0.39 is 0 Å². The van der Waals surface area contributed by atoms with Crippen LogP contribution in [0.25, 0.3) is 0 Å². The highest BCUT2D eigenvalue weighted by molar-refractivity contribution is 6.30. The van der Waals surface area contributed by atoms with E-state index in [1.54, 1.807) is 12.4 Å². The van der Waals surface area contributed by atoms with Crippen LogP contribution in [0.4, 0.5) is 5.95 Å². The second kappa shape index (κ2) is 10.1. The number of halogens is 1. The lowest BCUT2D eigenvalue weighted by Gasteiger charge is -2.31. The van der Waals surface area contributed by atoms with Gasteiger partial charge in [-0.25, -0.2) is 9.97 Å². The maximum absolute atomic E-state index is 12.6. The third kappa shape index (κ3) is 6.40. The molecule has 0 bridgehead atoms. The van der Waals surface area contributed by atoms with Crippen LogP contribution in [0.5, 0.6) is 0 Å². The molecule has 0 saturated heterocycles. The number of likely N-dealkylation sites (N-methyl/N-ethyl adjacent to an activating group) is 2. The predicted molar refractivity (Wildman–Crippen MR) is 107 cm³/mol. The second-order valence-corrected chi connectivity index (χ2v) is 8.13. The first-order valence-electron chi connectivity index (χ1n) is 9.45. The monoisotopic (exact) mass is 381 g/mol. The van der Waals surface area contributed by atoms with E-state index in [-0.39, 0.29) is 5.92 Å². The summed E-state index contributed by atoms with van der Waals surface area (Å²) in [6.07, 6.45) is 8.66. The van der Waals surface area contributed by atoms with E-state index in [0.29, 0.717) is 22.8 Å². The second-order valence-electron chi connectivity index (χ2n) is 7.69. The Labute approximate surface area is 162 Å². The lowest BCUT2D eigenvalue weighted by atomic mass is 9.80. The lowest BCUT2D eigenvalue weighted by molar-refractivity contribution is -0.135. The van der Waals surface area contributed by atoms with Crippen LogP contribution in [0.3, 0.4) is 0 Å². The molecular formula is C19H32ClN5O. The van der Waals surface area contributed by atoms with E-state index in [1.807, 2.05) is 33.1 Å². The summed E-state index contributed by atoms with van der Waals surface area (Å²) in [6.45, 7) is 2.64. The number of aromatic nitrogens is 2. The van der Waals surface area contributed by atoms with E-state index in [4.69, 9.17) is 11.6 Å².